The number of ether oxygens (including phenoxy) is 1. The van der Waals surface area contributed by atoms with Gasteiger partial charge in [0.25, 0.3) is 0 Å². The normalized spacial score (nSPS) is 19.1. The predicted molar refractivity (Wildman–Crippen MR) is 98.2 cm³/mol. The number of esters is 1. The lowest BCUT2D eigenvalue weighted by Gasteiger charge is -2.31. The number of halogens is 1. The summed E-state index contributed by atoms with van der Waals surface area (Å²) in [4.78, 5) is 14.2. The van der Waals surface area contributed by atoms with Crippen molar-refractivity contribution >= 4 is 28.0 Å². The van der Waals surface area contributed by atoms with Gasteiger partial charge in [0, 0.05) is 11.0 Å². The van der Waals surface area contributed by atoms with Crippen LogP contribution in [0.4, 0.5) is 0 Å². The van der Waals surface area contributed by atoms with Crippen LogP contribution >= 0.6 is 15.9 Å². The van der Waals surface area contributed by atoms with Crippen molar-refractivity contribution in [2.45, 2.75) is 32.6 Å². The van der Waals surface area contributed by atoms with E-state index < -0.39 is 0 Å². The molecule has 0 aromatic heterocycles. The van der Waals surface area contributed by atoms with Gasteiger partial charge in [0.15, 0.2) is 0 Å². The van der Waals surface area contributed by atoms with Crippen LogP contribution in [-0.2, 0) is 9.53 Å². The van der Waals surface area contributed by atoms with Gasteiger partial charge in [0.05, 0.1) is 12.5 Å². The second kappa shape index (κ2) is 9.89. The van der Waals surface area contributed by atoms with Crippen LogP contribution in [0, 0.1) is 5.92 Å². The molecular weight excluding hydrogens is 354 g/mol. The molecule has 3 nitrogen and oxygen atoms in total. The average molecular weight is 380 g/mol. The summed E-state index contributed by atoms with van der Waals surface area (Å²) in [5, 5.41) is 0. The Morgan fingerprint density at radius 3 is 3.04 bits per heavy atom. The van der Waals surface area contributed by atoms with Gasteiger partial charge >= 0.3 is 5.97 Å². The third-order valence-corrected chi connectivity index (χ3v) is 4.90. The van der Waals surface area contributed by atoms with Crippen molar-refractivity contribution in [1.82, 2.24) is 4.90 Å². The SMILES string of the molecule is CCOC(=O)C1CCCN(CCC/C=C/c2ccccc2Br)C1. The fraction of sp³-hybridized carbons (Fsp3) is 0.526. The predicted octanol–water partition coefficient (Wildman–Crippen LogP) is 4.52. The Morgan fingerprint density at radius 2 is 2.26 bits per heavy atom. The number of hydrogen-bond donors (Lipinski definition) is 0. The highest BCUT2D eigenvalue weighted by Gasteiger charge is 2.26. The number of allylic oxidation sites excluding steroid dienone is 1. The van der Waals surface area contributed by atoms with Crippen molar-refractivity contribution in [3.8, 4) is 0 Å². The molecule has 23 heavy (non-hydrogen) atoms. The van der Waals surface area contributed by atoms with Crippen molar-refractivity contribution in [3.05, 3.63) is 40.4 Å². The molecule has 1 atom stereocenters. The van der Waals surface area contributed by atoms with Gasteiger partial charge in [0.2, 0.25) is 0 Å². The summed E-state index contributed by atoms with van der Waals surface area (Å²) >= 11 is 3.56. The Labute approximate surface area is 147 Å². The molecule has 1 unspecified atom stereocenters. The number of rotatable bonds is 7. The molecule has 0 amide bonds. The number of nitrogens with zero attached hydrogens (tertiary/aromatic N) is 1. The molecule has 1 aliphatic rings. The zero-order valence-corrected chi connectivity index (χ0v) is 15.4. The van der Waals surface area contributed by atoms with E-state index in [-0.39, 0.29) is 11.9 Å². The van der Waals surface area contributed by atoms with Gasteiger partial charge < -0.3 is 9.64 Å². The molecule has 0 saturated carbocycles. The number of benzene rings is 1. The molecule has 1 aromatic carbocycles. The zero-order valence-electron chi connectivity index (χ0n) is 13.8. The first kappa shape index (κ1) is 18.2. The van der Waals surface area contributed by atoms with Gasteiger partial charge in [-0.25, -0.2) is 0 Å². The molecule has 126 valence electrons. The van der Waals surface area contributed by atoms with Crippen LogP contribution in [-0.4, -0.2) is 37.1 Å². The largest absolute Gasteiger partial charge is 0.466 e. The van der Waals surface area contributed by atoms with Gasteiger partial charge in [-0.15, -0.1) is 0 Å². The minimum atomic E-state index is -0.0222. The third-order valence-electron chi connectivity index (χ3n) is 4.17. The highest BCUT2D eigenvalue weighted by atomic mass is 79.9. The maximum atomic E-state index is 11.8. The van der Waals surface area contributed by atoms with Crippen molar-refractivity contribution in [3.63, 3.8) is 0 Å². The Balaban J connectivity index is 1.70. The van der Waals surface area contributed by atoms with Crippen molar-refractivity contribution in [2.24, 2.45) is 5.92 Å². The van der Waals surface area contributed by atoms with E-state index in [1.165, 1.54) is 5.56 Å². The number of carbonyl (C=O) groups is 1. The fourth-order valence-corrected chi connectivity index (χ4v) is 3.38. The molecule has 1 saturated heterocycles. The van der Waals surface area contributed by atoms with E-state index in [0.717, 1.165) is 49.8 Å². The minimum Gasteiger partial charge on any atom is -0.466 e. The summed E-state index contributed by atoms with van der Waals surface area (Å²) in [6, 6.07) is 8.24. The van der Waals surface area contributed by atoms with Crippen molar-refractivity contribution in [2.75, 3.05) is 26.2 Å². The van der Waals surface area contributed by atoms with Crippen LogP contribution in [0.1, 0.15) is 38.2 Å². The Morgan fingerprint density at radius 1 is 1.43 bits per heavy atom. The van der Waals surface area contributed by atoms with Gasteiger partial charge in [-0.1, -0.05) is 46.3 Å². The second-order valence-corrected chi connectivity index (χ2v) is 6.81. The highest BCUT2D eigenvalue weighted by molar-refractivity contribution is 9.10. The van der Waals surface area contributed by atoms with Crippen LogP contribution in [0.5, 0.6) is 0 Å². The number of piperidine rings is 1. The molecule has 0 N–H and O–H groups in total. The van der Waals surface area contributed by atoms with Gasteiger partial charge in [-0.3, -0.25) is 4.79 Å². The van der Waals surface area contributed by atoms with Crippen LogP contribution < -0.4 is 0 Å². The van der Waals surface area contributed by atoms with E-state index in [1.54, 1.807) is 0 Å². The van der Waals surface area contributed by atoms with Crippen molar-refractivity contribution in [1.29, 1.82) is 0 Å². The summed E-state index contributed by atoms with van der Waals surface area (Å²) in [6.07, 6.45) is 8.64. The van der Waals surface area contributed by atoms with E-state index in [0.29, 0.717) is 6.61 Å². The van der Waals surface area contributed by atoms with Gasteiger partial charge in [-0.05, 0) is 57.3 Å². The smallest absolute Gasteiger partial charge is 0.310 e. The number of carbonyl (C=O) groups excluding carboxylic acids is 1. The Kier molecular flexibility index (Phi) is 7.83. The maximum Gasteiger partial charge on any atom is 0.310 e. The lowest BCUT2D eigenvalue weighted by molar-refractivity contribution is -0.149. The van der Waals surface area contributed by atoms with Gasteiger partial charge in [0.1, 0.15) is 0 Å². The molecule has 1 fully saturated rings. The van der Waals surface area contributed by atoms with Crippen molar-refractivity contribution < 1.29 is 9.53 Å². The molecule has 0 aliphatic carbocycles. The topological polar surface area (TPSA) is 29.5 Å². The minimum absolute atomic E-state index is 0.0222. The molecule has 0 radical (unpaired) electrons. The number of likely N-dealkylation sites (tertiary alicyclic amines) is 1. The first-order valence-corrected chi connectivity index (χ1v) is 9.30. The molecule has 4 heteroatoms. The molecule has 0 bridgehead atoms. The third kappa shape index (κ3) is 6.11. The first-order valence-electron chi connectivity index (χ1n) is 8.50. The molecule has 1 aromatic rings. The van der Waals surface area contributed by atoms with E-state index in [9.17, 15) is 4.79 Å². The van der Waals surface area contributed by atoms with E-state index >= 15 is 0 Å². The van der Waals surface area contributed by atoms with Crippen LogP contribution in [0.3, 0.4) is 0 Å². The lowest BCUT2D eigenvalue weighted by Crippen LogP contribution is -2.39. The average Bonchev–Trinajstić information content (AvgIpc) is 2.57. The molecule has 2 rings (SSSR count). The Bertz CT molecular complexity index is 530. The monoisotopic (exact) mass is 379 g/mol. The summed E-state index contributed by atoms with van der Waals surface area (Å²) in [5.41, 5.74) is 1.22. The summed E-state index contributed by atoms with van der Waals surface area (Å²) in [5.74, 6) is 0.0468. The van der Waals surface area contributed by atoms with Crippen LogP contribution in [0.2, 0.25) is 0 Å². The Hall–Kier alpha value is -1.13. The van der Waals surface area contributed by atoms with E-state index in [4.69, 9.17) is 4.74 Å². The number of hydrogen-bond acceptors (Lipinski definition) is 3. The van der Waals surface area contributed by atoms with Crippen LogP contribution in [0.15, 0.2) is 34.8 Å². The standard InChI is InChI=1S/C19H26BrNO2/c1-2-23-19(22)17-11-8-14-21(15-17)13-7-3-4-9-16-10-5-6-12-18(16)20/h4-6,9-10,12,17H,2-3,7-8,11,13-15H2,1H3/b9-4+. The van der Waals surface area contributed by atoms with Gasteiger partial charge in [-0.2, -0.15) is 0 Å². The molecule has 1 heterocycles. The zero-order chi connectivity index (χ0) is 16.5. The second-order valence-electron chi connectivity index (χ2n) is 5.96. The van der Waals surface area contributed by atoms with E-state index in [1.807, 2.05) is 19.1 Å². The highest BCUT2D eigenvalue weighted by Crippen LogP contribution is 2.19. The lowest BCUT2D eigenvalue weighted by atomic mass is 9.98. The summed E-state index contributed by atoms with van der Waals surface area (Å²) in [6.45, 7) is 5.36. The summed E-state index contributed by atoms with van der Waals surface area (Å²) in [7, 11) is 0. The first-order chi connectivity index (χ1) is 11.2. The maximum absolute atomic E-state index is 11.8. The fourth-order valence-electron chi connectivity index (χ4n) is 2.96. The molecule has 1 aliphatic heterocycles. The van der Waals surface area contributed by atoms with Crippen LogP contribution in [0.25, 0.3) is 6.08 Å². The summed E-state index contributed by atoms with van der Waals surface area (Å²) < 4.78 is 6.28. The molecular formula is C19H26BrNO2. The quantitative estimate of drug-likeness (QED) is 0.515. The molecule has 0 spiro atoms. The number of unbranched alkanes of at least 4 members (excludes halogenated alkanes) is 1. The van der Waals surface area contributed by atoms with E-state index in [2.05, 4.69) is 45.1 Å².